The standard InChI is InChI=1S/C10H13FO4S/c1-8(6-7-16(12,13)14)15-10-4-2-9(11)3-5-10/h2-5,8H,6-7H2,1H3,(H,12,13,14). The fraction of sp³-hybridized carbons (Fsp3) is 0.400. The van der Waals surface area contributed by atoms with E-state index in [1.807, 2.05) is 0 Å². The molecule has 1 rings (SSSR count). The summed E-state index contributed by atoms with van der Waals surface area (Å²) >= 11 is 0. The minimum absolute atomic E-state index is 0.177. The summed E-state index contributed by atoms with van der Waals surface area (Å²) in [5.74, 6) is -0.253. The van der Waals surface area contributed by atoms with E-state index in [1.54, 1.807) is 6.92 Å². The average molecular weight is 248 g/mol. The molecule has 0 aliphatic heterocycles. The topological polar surface area (TPSA) is 63.6 Å². The molecule has 0 bridgehead atoms. The minimum Gasteiger partial charge on any atom is -0.491 e. The maximum atomic E-state index is 12.6. The predicted molar refractivity (Wildman–Crippen MR) is 57.5 cm³/mol. The highest BCUT2D eigenvalue weighted by atomic mass is 32.2. The van der Waals surface area contributed by atoms with E-state index in [0.717, 1.165) is 0 Å². The first-order valence-electron chi connectivity index (χ1n) is 4.74. The molecule has 0 saturated heterocycles. The maximum Gasteiger partial charge on any atom is 0.264 e. The van der Waals surface area contributed by atoms with E-state index in [-0.39, 0.29) is 24.1 Å². The van der Waals surface area contributed by atoms with Crippen LogP contribution in [0.25, 0.3) is 0 Å². The van der Waals surface area contributed by atoms with E-state index in [0.29, 0.717) is 5.75 Å². The highest BCUT2D eigenvalue weighted by molar-refractivity contribution is 7.85. The number of hydrogen-bond donors (Lipinski definition) is 1. The van der Waals surface area contributed by atoms with Crippen LogP contribution in [-0.2, 0) is 10.1 Å². The lowest BCUT2D eigenvalue weighted by Gasteiger charge is -2.13. The first kappa shape index (κ1) is 12.9. The lowest BCUT2D eigenvalue weighted by atomic mass is 10.3. The van der Waals surface area contributed by atoms with Gasteiger partial charge in [-0.1, -0.05) is 0 Å². The summed E-state index contributed by atoms with van der Waals surface area (Å²) in [4.78, 5) is 0. The van der Waals surface area contributed by atoms with Gasteiger partial charge in [0.05, 0.1) is 11.9 Å². The second-order valence-electron chi connectivity index (χ2n) is 3.46. The molecule has 90 valence electrons. The van der Waals surface area contributed by atoms with Gasteiger partial charge in [0.1, 0.15) is 11.6 Å². The van der Waals surface area contributed by atoms with Crippen LogP contribution < -0.4 is 4.74 Å². The van der Waals surface area contributed by atoms with Crippen LogP contribution in [0.5, 0.6) is 5.75 Å². The normalized spacial score (nSPS) is 13.4. The van der Waals surface area contributed by atoms with Gasteiger partial charge in [0.2, 0.25) is 0 Å². The SMILES string of the molecule is CC(CCS(=O)(=O)O)Oc1ccc(F)cc1. The van der Waals surface area contributed by atoms with Crippen molar-refractivity contribution in [1.29, 1.82) is 0 Å². The van der Waals surface area contributed by atoms with Crippen LogP contribution in [0.1, 0.15) is 13.3 Å². The molecule has 4 nitrogen and oxygen atoms in total. The van der Waals surface area contributed by atoms with Crippen molar-refractivity contribution in [2.75, 3.05) is 5.75 Å². The summed E-state index contributed by atoms with van der Waals surface area (Å²) in [5, 5.41) is 0. The van der Waals surface area contributed by atoms with Crippen molar-refractivity contribution in [2.24, 2.45) is 0 Å². The summed E-state index contributed by atoms with van der Waals surface area (Å²) in [5.41, 5.74) is 0. The maximum absolute atomic E-state index is 12.6. The van der Waals surface area contributed by atoms with Crippen molar-refractivity contribution in [3.8, 4) is 5.75 Å². The van der Waals surface area contributed by atoms with Crippen molar-refractivity contribution in [3.05, 3.63) is 30.1 Å². The van der Waals surface area contributed by atoms with Gasteiger partial charge < -0.3 is 4.74 Å². The summed E-state index contributed by atoms with van der Waals surface area (Å²) < 4.78 is 47.4. The Labute approximate surface area is 93.8 Å². The molecule has 0 fully saturated rings. The molecular weight excluding hydrogens is 235 g/mol. The van der Waals surface area contributed by atoms with Crippen LogP contribution in [0.15, 0.2) is 24.3 Å². The van der Waals surface area contributed by atoms with Crippen molar-refractivity contribution in [3.63, 3.8) is 0 Å². The molecule has 0 heterocycles. The van der Waals surface area contributed by atoms with Gasteiger partial charge in [0.25, 0.3) is 10.1 Å². The van der Waals surface area contributed by atoms with Crippen LogP contribution in [0, 0.1) is 5.82 Å². The van der Waals surface area contributed by atoms with Crippen molar-refractivity contribution in [1.82, 2.24) is 0 Å². The Balaban J connectivity index is 2.45. The van der Waals surface area contributed by atoms with Gasteiger partial charge in [-0.3, -0.25) is 4.55 Å². The molecule has 6 heteroatoms. The molecule has 0 spiro atoms. The molecule has 1 atom stereocenters. The highest BCUT2D eigenvalue weighted by Crippen LogP contribution is 2.14. The Bertz CT molecular complexity index is 427. The predicted octanol–water partition coefficient (Wildman–Crippen LogP) is 1.87. The molecule has 1 unspecified atom stereocenters. The molecule has 0 saturated carbocycles. The zero-order valence-corrected chi connectivity index (χ0v) is 9.58. The van der Waals surface area contributed by atoms with E-state index in [9.17, 15) is 12.8 Å². The molecule has 0 aliphatic rings. The lowest BCUT2D eigenvalue weighted by molar-refractivity contribution is 0.217. The van der Waals surface area contributed by atoms with E-state index in [4.69, 9.17) is 9.29 Å². The van der Waals surface area contributed by atoms with Gasteiger partial charge >= 0.3 is 0 Å². The molecule has 0 aromatic heterocycles. The molecule has 16 heavy (non-hydrogen) atoms. The first-order chi connectivity index (χ1) is 7.37. The summed E-state index contributed by atoms with van der Waals surface area (Å²) in [6.45, 7) is 1.68. The second kappa shape index (κ2) is 5.27. The van der Waals surface area contributed by atoms with Crippen LogP contribution in [0.2, 0.25) is 0 Å². The lowest BCUT2D eigenvalue weighted by Crippen LogP contribution is -2.17. The number of ether oxygens (including phenoxy) is 1. The Morgan fingerprint density at radius 3 is 2.44 bits per heavy atom. The van der Waals surface area contributed by atoms with Crippen LogP contribution >= 0.6 is 0 Å². The van der Waals surface area contributed by atoms with Gasteiger partial charge in [0, 0.05) is 6.42 Å². The summed E-state index contributed by atoms with van der Waals surface area (Å²) in [6, 6.07) is 5.42. The van der Waals surface area contributed by atoms with Gasteiger partial charge in [-0.05, 0) is 31.2 Å². The Morgan fingerprint density at radius 1 is 1.38 bits per heavy atom. The Hall–Kier alpha value is -1.14. The van der Waals surface area contributed by atoms with E-state index < -0.39 is 10.1 Å². The quantitative estimate of drug-likeness (QED) is 0.808. The molecule has 1 aromatic carbocycles. The van der Waals surface area contributed by atoms with E-state index in [1.165, 1.54) is 24.3 Å². The van der Waals surface area contributed by atoms with Crippen molar-refractivity contribution < 1.29 is 22.1 Å². The van der Waals surface area contributed by atoms with Crippen LogP contribution in [0.4, 0.5) is 4.39 Å². The fourth-order valence-electron chi connectivity index (χ4n) is 1.12. The van der Waals surface area contributed by atoms with Crippen LogP contribution in [-0.4, -0.2) is 24.8 Å². The molecular formula is C10H13FO4S. The van der Waals surface area contributed by atoms with E-state index >= 15 is 0 Å². The minimum atomic E-state index is -3.96. The first-order valence-corrected chi connectivity index (χ1v) is 6.35. The zero-order valence-electron chi connectivity index (χ0n) is 8.76. The van der Waals surface area contributed by atoms with Gasteiger partial charge in [-0.2, -0.15) is 8.42 Å². The average Bonchev–Trinajstić information content (AvgIpc) is 2.18. The summed E-state index contributed by atoms with van der Waals surface area (Å²) in [6.07, 6.45) is -0.191. The number of halogens is 1. The van der Waals surface area contributed by atoms with Gasteiger partial charge in [-0.15, -0.1) is 0 Å². The second-order valence-corrected chi connectivity index (χ2v) is 5.03. The monoisotopic (exact) mass is 248 g/mol. The van der Waals surface area contributed by atoms with Crippen molar-refractivity contribution >= 4 is 10.1 Å². The third kappa shape index (κ3) is 5.09. The third-order valence-electron chi connectivity index (χ3n) is 1.93. The van der Waals surface area contributed by atoms with Gasteiger partial charge in [0.15, 0.2) is 0 Å². The number of rotatable bonds is 5. The highest BCUT2D eigenvalue weighted by Gasteiger charge is 2.10. The number of hydrogen-bond acceptors (Lipinski definition) is 3. The smallest absolute Gasteiger partial charge is 0.264 e. The Morgan fingerprint density at radius 2 is 1.94 bits per heavy atom. The summed E-state index contributed by atoms with van der Waals surface area (Å²) in [7, 11) is -3.96. The van der Waals surface area contributed by atoms with Crippen molar-refractivity contribution in [2.45, 2.75) is 19.4 Å². The molecule has 1 N–H and O–H groups in total. The van der Waals surface area contributed by atoms with Gasteiger partial charge in [-0.25, -0.2) is 4.39 Å². The Kier molecular flexibility index (Phi) is 4.26. The molecule has 0 radical (unpaired) electrons. The van der Waals surface area contributed by atoms with Crippen LogP contribution in [0.3, 0.4) is 0 Å². The largest absolute Gasteiger partial charge is 0.491 e. The molecule has 0 amide bonds. The van der Waals surface area contributed by atoms with E-state index in [2.05, 4.69) is 0 Å². The third-order valence-corrected chi connectivity index (χ3v) is 2.68. The zero-order chi connectivity index (χ0) is 12.2. The molecule has 1 aromatic rings. The molecule has 0 aliphatic carbocycles. The number of benzene rings is 1. The fourth-order valence-corrected chi connectivity index (χ4v) is 1.75.